The highest BCUT2D eigenvalue weighted by Crippen LogP contribution is 2.09. The van der Waals surface area contributed by atoms with Gasteiger partial charge in [-0.25, -0.2) is 0 Å². The predicted molar refractivity (Wildman–Crippen MR) is 86.2 cm³/mol. The van der Waals surface area contributed by atoms with E-state index in [9.17, 15) is 4.79 Å². The minimum Gasteiger partial charge on any atom is -0.341 e. The number of carbonyl (C=O) groups is 1. The Morgan fingerprint density at radius 2 is 1.90 bits per heavy atom. The number of carbonyl (C=O) groups excluding carboxylic acids is 1. The van der Waals surface area contributed by atoms with Crippen LogP contribution in [0.25, 0.3) is 0 Å². The van der Waals surface area contributed by atoms with Crippen LogP contribution in [0.1, 0.15) is 25.1 Å². The van der Waals surface area contributed by atoms with E-state index < -0.39 is 0 Å². The maximum absolute atomic E-state index is 12.1. The number of hydrogen-bond acceptors (Lipinski definition) is 2. The van der Waals surface area contributed by atoms with E-state index >= 15 is 0 Å². The maximum Gasteiger partial charge on any atom is 0.244 e. The molecule has 0 atom stereocenters. The van der Waals surface area contributed by atoms with Gasteiger partial charge in [-0.1, -0.05) is 31.5 Å². The number of aromatic nitrogens is 1. The van der Waals surface area contributed by atoms with Crippen molar-refractivity contribution in [1.29, 1.82) is 0 Å². The molecule has 2 aromatic rings. The van der Waals surface area contributed by atoms with Crippen LogP contribution >= 0.6 is 0 Å². The molecule has 0 saturated carbocycles. The van der Waals surface area contributed by atoms with Crippen molar-refractivity contribution in [3.05, 3.63) is 53.9 Å². The van der Waals surface area contributed by atoms with Crippen LogP contribution in [0.3, 0.4) is 0 Å². The summed E-state index contributed by atoms with van der Waals surface area (Å²) in [6, 6.07) is 12.3. The van der Waals surface area contributed by atoms with Crippen LogP contribution in [0.15, 0.2) is 42.6 Å². The quantitative estimate of drug-likeness (QED) is 0.857. The number of amides is 1. The smallest absolute Gasteiger partial charge is 0.244 e. The van der Waals surface area contributed by atoms with E-state index in [-0.39, 0.29) is 5.91 Å². The molecule has 0 unspecified atom stereocenters. The predicted octanol–water partition coefficient (Wildman–Crippen LogP) is 2.93. The highest BCUT2D eigenvalue weighted by atomic mass is 16.1. The number of benzene rings is 1. The van der Waals surface area contributed by atoms with Crippen LogP contribution in [0.4, 0.5) is 5.69 Å². The summed E-state index contributed by atoms with van der Waals surface area (Å²) in [6.07, 6.45) is 1.94. The molecular weight excluding hydrogens is 262 g/mol. The molecule has 1 aromatic heterocycles. The fourth-order valence-electron chi connectivity index (χ4n) is 2.07. The van der Waals surface area contributed by atoms with Crippen LogP contribution in [0.2, 0.25) is 0 Å². The van der Waals surface area contributed by atoms with Gasteiger partial charge in [0, 0.05) is 30.2 Å². The Morgan fingerprint density at radius 3 is 2.57 bits per heavy atom. The maximum atomic E-state index is 12.1. The second-order valence-electron chi connectivity index (χ2n) is 5.58. The van der Waals surface area contributed by atoms with Crippen molar-refractivity contribution >= 4 is 11.6 Å². The van der Waals surface area contributed by atoms with Crippen LogP contribution in [0.5, 0.6) is 0 Å². The topological polar surface area (TPSA) is 46.1 Å². The van der Waals surface area contributed by atoms with Gasteiger partial charge in [0.05, 0.1) is 0 Å². The first kappa shape index (κ1) is 15.3. The third-order valence-electron chi connectivity index (χ3n) is 3.26. The van der Waals surface area contributed by atoms with Crippen molar-refractivity contribution in [3.8, 4) is 0 Å². The summed E-state index contributed by atoms with van der Waals surface area (Å²) < 4.78 is 1.97. The van der Waals surface area contributed by atoms with Gasteiger partial charge >= 0.3 is 0 Å². The summed E-state index contributed by atoms with van der Waals surface area (Å²) in [4.78, 5) is 12.1. The number of nitrogens with zero attached hydrogens (tertiary/aromatic N) is 1. The Morgan fingerprint density at radius 1 is 1.19 bits per heavy atom. The van der Waals surface area contributed by atoms with Gasteiger partial charge in [-0.05, 0) is 31.2 Å². The van der Waals surface area contributed by atoms with Gasteiger partial charge in [-0.2, -0.15) is 0 Å². The lowest BCUT2D eigenvalue weighted by atomic mass is 10.2. The first-order chi connectivity index (χ1) is 10.0. The summed E-state index contributed by atoms with van der Waals surface area (Å²) in [6.45, 7) is 7.34. The molecule has 1 heterocycles. The summed E-state index contributed by atoms with van der Waals surface area (Å²) in [5.74, 6) is -0.0131. The summed E-state index contributed by atoms with van der Waals surface area (Å²) in [5, 5.41) is 6.28. The second kappa shape index (κ2) is 7.09. The van der Waals surface area contributed by atoms with E-state index in [1.807, 2.05) is 54.1 Å². The van der Waals surface area contributed by atoms with Crippen molar-refractivity contribution in [2.24, 2.45) is 0 Å². The van der Waals surface area contributed by atoms with Gasteiger partial charge in [-0.3, -0.25) is 4.79 Å². The fourth-order valence-corrected chi connectivity index (χ4v) is 2.07. The first-order valence-corrected chi connectivity index (χ1v) is 7.28. The molecule has 0 fully saturated rings. The standard InChI is InChI=1S/C17H23N3O/c1-13(2)18-11-16-5-4-10-20(16)12-17(21)19-15-8-6-14(3)7-9-15/h4-10,13,18H,11-12H2,1-3H3,(H,19,21). The van der Waals surface area contributed by atoms with Gasteiger partial charge in [0.25, 0.3) is 0 Å². The molecule has 0 aliphatic rings. The molecule has 1 amide bonds. The molecule has 4 nitrogen and oxygen atoms in total. The Balaban J connectivity index is 1.93. The molecule has 2 N–H and O–H groups in total. The Kier molecular flexibility index (Phi) is 5.17. The van der Waals surface area contributed by atoms with Gasteiger partial charge in [0.2, 0.25) is 5.91 Å². The van der Waals surface area contributed by atoms with E-state index in [4.69, 9.17) is 0 Å². The van der Waals surface area contributed by atoms with E-state index in [0.717, 1.165) is 17.9 Å². The third-order valence-corrected chi connectivity index (χ3v) is 3.26. The molecule has 0 aliphatic carbocycles. The molecule has 2 rings (SSSR count). The zero-order valence-corrected chi connectivity index (χ0v) is 12.9. The Hall–Kier alpha value is -2.07. The highest BCUT2D eigenvalue weighted by molar-refractivity contribution is 5.90. The summed E-state index contributed by atoms with van der Waals surface area (Å²) in [7, 11) is 0. The first-order valence-electron chi connectivity index (χ1n) is 7.28. The van der Waals surface area contributed by atoms with Gasteiger partial charge in [-0.15, -0.1) is 0 Å². The zero-order valence-electron chi connectivity index (χ0n) is 12.9. The summed E-state index contributed by atoms with van der Waals surface area (Å²) >= 11 is 0. The monoisotopic (exact) mass is 285 g/mol. The SMILES string of the molecule is Cc1ccc(NC(=O)Cn2cccc2CNC(C)C)cc1. The number of rotatable bonds is 6. The number of hydrogen-bond donors (Lipinski definition) is 2. The van der Waals surface area contributed by atoms with E-state index in [2.05, 4.69) is 24.5 Å². The largest absolute Gasteiger partial charge is 0.341 e. The van der Waals surface area contributed by atoms with Gasteiger partial charge in [0.15, 0.2) is 0 Å². The second-order valence-corrected chi connectivity index (χ2v) is 5.58. The molecule has 1 aromatic carbocycles. The van der Waals surface area contributed by atoms with Gasteiger partial charge < -0.3 is 15.2 Å². The highest BCUT2D eigenvalue weighted by Gasteiger charge is 2.07. The Labute approximate surface area is 126 Å². The Bertz CT molecular complexity index is 584. The number of aryl methyl sites for hydroxylation is 1. The van der Waals surface area contributed by atoms with Crippen molar-refractivity contribution in [2.45, 2.75) is 39.9 Å². The average molecular weight is 285 g/mol. The van der Waals surface area contributed by atoms with Gasteiger partial charge in [0.1, 0.15) is 6.54 Å². The average Bonchev–Trinajstić information content (AvgIpc) is 2.86. The summed E-state index contributed by atoms with van der Waals surface area (Å²) in [5.41, 5.74) is 3.13. The lowest BCUT2D eigenvalue weighted by Crippen LogP contribution is -2.25. The minimum absolute atomic E-state index is 0.0131. The van der Waals surface area contributed by atoms with Crippen LogP contribution in [-0.4, -0.2) is 16.5 Å². The van der Waals surface area contributed by atoms with E-state index in [1.165, 1.54) is 5.56 Å². The molecule has 0 spiro atoms. The van der Waals surface area contributed by atoms with Crippen LogP contribution in [0, 0.1) is 6.92 Å². The van der Waals surface area contributed by atoms with Crippen molar-refractivity contribution in [1.82, 2.24) is 9.88 Å². The lowest BCUT2D eigenvalue weighted by molar-refractivity contribution is -0.116. The fraction of sp³-hybridized carbons (Fsp3) is 0.353. The normalized spacial score (nSPS) is 10.9. The van der Waals surface area contributed by atoms with Crippen LogP contribution in [-0.2, 0) is 17.9 Å². The lowest BCUT2D eigenvalue weighted by Gasteiger charge is -2.12. The minimum atomic E-state index is -0.0131. The molecule has 0 bridgehead atoms. The molecular formula is C17H23N3O. The van der Waals surface area contributed by atoms with Crippen molar-refractivity contribution < 1.29 is 4.79 Å². The zero-order chi connectivity index (χ0) is 15.2. The van der Waals surface area contributed by atoms with E-state index in [1.54, 1.807) is 0 Å². The van der Waals surface area contributed by atoms with Crippen LogP contribution < -0.4 is 10.6 Å². The molecule has 0 saturated heterocycles. The third kappa shape index (κ3) is 4.76. The molecule has 112 valence electrons. The van der Waals surface area contributed by atoms with Crippen molar-refractivity contribution in [3.63, 3.8) is 0 Å². The number of nitrogens with one attached hydrogen (secondary N) is 2. The molecule has 21 heavy (non-hydrogen) atoms. The van der Waals surface area contributed by atoms with E-state index in [0.29, 0.717) is 12.6 Å². The number of anilines is 1. The molecule has 0 aliphatic heterocycles. The van der Waals surface area contributed by atoms with Crippen molar-refractivity contribution in [2.75, 3.05) is 5.32 Å². The molecule has 4 heteroatoms. The molecule has 0 radical (unpaired) electrons.